The number of fused-ring (bicyclic) bond motifs is 1. The number of benzene rings is 2. The van der Waals surface area contributed by atoms with E-state index < -0.39 is 0 Å². The fourth-order valence-corrected chi connectivity index (χ4v) is 3.23. The number of hydrogen-bond acceptors (Lipinski definition) is 4. The van der Waals surface area contributed by atoms with Gasteiger partial charge in [0.05, 0.1) is 22.9 Å². The van der Waals surface area contributed by atoms with Gasteiger partial charge in [0.1, 0.15) is 10.8 Å². The quantitative estimate of drug-likeness (QED) is 0.710. The first kappa shape index (κ1) is 12.4. The first-order valence-electron chi connectivity index (χ1n) is 5.67. The Morgan fingerprint density at radius 2 is 2.05 bits per heavy atom. The number of ether oxygens (including phenoxy) is 1. The number of thiazole rings is 1. The van der Waals surface area contributed by atoms with Gasteiger partial charge in [0, 0.05) is 16.2 Å². The van der Waals surface area contributed by atoms with Crippen molar-refractivity contribution < 1.29 is 4.74 Å². The van der Waals surface area contributed by atoms with Crippen LogP contribution in [0.1, 0.15) is 0 Å². The number of nitrogens with two attached hydrogens (primary N) is 1. The van der Waals surface area contributed by atoms with E-state index in [0.29, 0.717) is 5.69 Å². The Morgan fingerprint density at radius 1 is 1.21 bits per heavy atom. The summed E-state index contributed by atoms with van der Waals surface area (Å²) in [5.41, 5.74) is 8.40. The van der Waals surface area contributed by atoms with Crippen molar-refractivity contribution in [1.29, 1.82) is 0 Å². The Balaban J connectivity index is 2.18. The maximum absolute atomic E-state index is 5.77. The second-order valence-electron chi connectivity index (χ2n) is 4.09. The molecule has 0 spiro atoms. The first-order valence-corrected chi connectivity index (χ1v) is 7.28. The van der Waals surface area contributed by atoms with Gasteiger partial charge in [0.25, 0.3) is 0 Å². The molecule has 3 nitrogen and oxygen atoms in total. The Hall–Kier alpha value is -1.59. The average Bonchev–Trinajstić information content (AvgIpc) is 2.81. The highest BCUT2D eigenvalue weighted by molar-refractivity contribution is 9.10. The Kier molecular flexibility index (Phi) is 3.16. The van der Waals surface area contributed by atoms with Crippen LogP contribution in [0.15, 0.2) is 40.9 Å². The van der Waals surface area contributed by atoms with E-state index in [1.165, 1.54) is 0 Å². The molecule has 0 atom stereocenters. The molecule has 0 aliphatic rings. The van der Waals surface area contributed by atoms with Crippen molar-refractivity contribution in [3.63, 3.8) is 0 Å². The smallest absolute Gasteiger partial charge is 0.131 e. The van der Waals surface area contributed by atoms with Crippen LogP contribution >= 0.6 is 27.3 Å². The van der Waals surface area contributed by atoms with Crippen molar-refractivity contribution in [2.45, 2.75) is 0 Å². The van der Waals surface area contributed by atoms with E-state index in [4.69, 9.17) is 10.5 Å². The minimum absolute atomic E-state index is 0.685. The molecule has 0 amide bonds. The number of aromatic nitrogens is 1. The van der Waals surface area contributed by atoms with E-state index in [-0.39, 0.29) is 0 Å². The Morgan fingerprint density at radius 3 is 2.84 bits per heavy atom. The zero-order valence-electron chi connectivity index (χ0n) is 10.2. The summed E-state index contributed by atoms with van der Waals surface area (Å²) in [6.45, 7) is 0. The third-order valence-corrected chi connectivity index (χ3v) is 4.37. The molecular formula is C14H11BrN2OS. The van der Waals surface area contributed by atoms with Gasteiger partial charge in [-0.25, -0.2) is 4.98 Å². The molecule has 0 saturated heterocycles. The number of methoxy groups -OCH3 is 1. The topological polar surface area (TPSA) is 48.1 Å². The van der Waals surface area contributed by atoms with E-state index >= 15 is 0 Å². The molecule has 96 valence electrons. The predicted molar refractivity (Wildman–Crippen MR) is 83.7 cm³/mol. The number of hydrogen-bond donors (Lipinski definition) is 1. The van der Waals surface area contributed by atoms with Gasteiger partial charge in [0.2, 0.25) is 0 Å². The van der Waals surface area contributed by atoms with Gasteiger partial charge in [-0.15, -0.1) is 11.3 Å². The van der Waals surface area contributed by atoms with Gasteiger partial charge >= 0.3 is 0 Å². The lowest BCUT2D eigenvalue weighted by Gasteiger charge is -2.06. The molecular weight excluding hydrogens is 324 g/mol. The second-order valence-corrected chi connectivity index (χ2v) is 6.04. The molecule has 19 heavy (non-hydrogen) atoms. The van der Waals surface area contributed by atoms with Crippen molar-refractivity contribution in [3.8, 4) is 16.3 Å². The monoisotopic (exact) mass is 334 g/mol. The maximum atomic E-state index is 5.77. The summed E-state index contributed by atoms with van der Waals surface area (Å²) in [6.07, 6.45) is 0. The molecule has 0 bridgehead atoms. The largest absolute Gasteiger partial charge is 0.496 e. The second kappa shape index (κ2) is 4.83. The summed E-state index contributed by atoms with van der Waals surface area (Å²) in [4.78, 5) is 4.65. The van der Waals surface area contributed by atoms with Crippen molar-refractivity contribution in [2.24, 2.45) is 0 Å². The van der Waals surface area contributed by atoms with Crippen LogP contribution in [0.3, 0.4) is 0 Å². The normalized spacial score (nSPS) is 10.8. The van der Waals surface area contributed by atoms with Gasteiger partial charge in [-0.2, -0.15) is 0 Å². The van der Waals surface area contributed by atoms with Crippen LogP contribution in [0.25, 0.3) is 20.8 Å². The highest BCUT2D eigenvalue weighted by Crippen LogP contribution is 2.37. The van der Waals surface area contributed by atoms with E-state index in [2.05, 4.69) is 27.0 Å². The fraction of sp³-hybridized carbons (Fsp3) is 0.0714. The highest BCUT2D eigenvalue weighted by atomic mass is 79.9. The fourth-order valence-electron chi connectivity index (χ4n) is 1.90. The summed E-state index contributed by atoms with van der Waals surface area (Å²) in [6, 6.07) is 11.7. The summed E-state index contributed by atoms with van der Waals surface area (Å²) < 4.78 is 7.56. The van der Waals surface area contributed by atoms with E-state index in [1.54, 1.807) is 18.4 Å². The van der Waals surface area contributed by atoms with Crippen molar-refractivity contribution in [3.05, 3.63) is 40.9 Å². The van der Waals surface area contributed by atoms with Crippen LogP contribution in [-0.4, -0.2) is 12.1 Å². The molecule has 0 aliphatic carbocycles. The molecule has 0 aliphatic heterocycles. The minimum Gasteiger partial charge on any atom is -0.496 e. The SMILES string of the molecule is COc1cc(N)ccc1-c1nc2cc(Br)ccc2s1. The van der Waals surface area contributed by atoms with Crippen molar-refractivity contribution >= 4 is 43.2 Å². The number of halogens is 1. The lowest BCUT2D eigenvalue weighted by molar-refractivity contribution is 0.416. The average molecular weight is 335 g/mol. The molecule has 2 aromatic carbocycles. The lowest BCUT2D eigenvalue weighted by Crippen LogP contribution is -1.90. The maximum Gasteiger partial charge on any atom is 0.131 e. The van der Waals surface area contributed by atoms with Gasteiger partial charge in [0.15, 0.2) is 0 Å². The summed E-state index contributed by atoms with van der Waals surface area (Å²) in [5, 5.41) is 0.935. The Bertz CT molecular complexity index is 754. The summed E-state index contributed by atoms with van der Waals surface area (Å²) in [5.74, 6) is 0.748. The molecule has 3 aromatic rings. The zero-order valence-corrected chi connectivity index (χ0v) is 12.6. The van der Waals surface area contributed by atoms with Crippen LogP contribution in [-0.2, 0) is 0 Å². The molecule has 2 N–H and O–H groups in total. The number of anilines is 1. The zero-order chi connectivity index (χ0) is 13.4. The molecule has 1 aromatic heterocycles. The standard InChI is InChI=1S/C14H11BrN2OS/c1-18-12-7-9(16)3-4-10(12)14-17-11-6-8(15)2-5-13(11)19-14/h2-7H,16H2,1H3. The van der Waals surface area contributed by atoms with E-state index in [0.717, 1.165) is 31.0 Å². The van der Waals surface area contributed by atoms with Gasteiger partial charge in [-0.1, -0.05) is 15.9 Å². The van der Waals surface area contributed by atoms with E-state index in [1.807, 2.05) is 30.3 Å². The number of nitrogen functional groups attached to an aromatic ring is 1. The summed E-state index contributed by atoms with van der Waals surface area (Å²) in [7, 11) is 1.64. The summed E-state index contributed by atoms with van der Waals surface area (Å²) >= 11 is 5.10. The number of nitrogens with zero attached hydrogens (tertiary/aromatic N) is 1. The predicted octanol–water partition coefficient (Wildman–Crippen LogP) is 4.32. The molecule has 0 unspecified atom stereocenters. The van der Waals surface area contributed by atoms with Gasteiger partial charge in [-0.3, -0.25) is 0 Å². The molecule has 1 heterocycles. The number of rotatable bonds is 2. The molecule has 0 fully saturated rings. The van der Waals surface area contributed by atoms with E-state index in [9.17, 15) is 0 Å². The van der Waals surface area contributed by atoms with Crippen LogP contribution in [0.4, 0.5) is 5.69 Å². The molecule has 0 radical (unpaired) electrons. The Labute approximate surface area is 123 Å². The van der Waals surface area contributed by atoms with Crippen LogP contribution in [0.5, 0.6) is 5.75 Å². The van der Waals surface area contributed by atoms with Gasteiger partial charge < -0.3 is 10.5 Å². The van der Waals surface area contributed by atoms with Gasteiger partial charge in [-0.05, 0) is 30.3 Å². The molecule has 5 heteroatoms. The molecule has 0 saturated carbocycles. The third kappa shape index (κ3) is 2.31. The van der Waals surface area contributed by atoms with Crippen LogP contribution < -0.4 is 10.5 Å². The first-order chi connectivity index (χ1) is 9.17. The van der Waals surface area contributed by atoms with Crippen LogP contribution in [0.2, 0.25) is 0 Å². The third-order valence-electron chi connectivity index (χ3n) is 2.81. The highest BCUT2D eigenvalue weighted by Gasteiger charge is 2.11. The van der Waals surface area contributed by atoms with Crippen LogP contribution in [0, 0.1) is 0 Å². The lowest BCUT2D eigenvalue weighted by atomic mass is 10.2. The van der Waals surface area contributed by atoms with Crippen molar-refractivity contribution in [1.82, 2.24) is 4.98 Å². The minimum atomic E-state index is 0.685. The molecule has 3 rings (SSSR count). The van der Waals surface area contributed by atoms with Crippen molar-refractivity contribution in [2.75, 3.05) is 12.8 Å².